The Kier molecular flexibility index (Phi) is 5.05. The topological polar surface area (TPSA) is 3.24 Å². The van der Waals surface area contributed by atoms with Crippen LogP contribution in [0.3, 0.4) is 0 Å². The molecule has 1 aliphatic carbocycles. The number of hydrogen-bond donors (Lipinski definition) is 0. The molecule has 0 amide bonds. The van der Waals surface area contributed by atoms with Gasteiger partial charge in [-0.3, -0.25) is 0 Å². The van der Waals surface area contributed by atoms with Crippen molar-refractivity contribution in [3.05, 3.63) is 21.9 Å². The second-order valence-corrected chi connectivity index (χ2v) is 6.28. The normalized spacial score (nSPS) is 19.6. The minimum absolute atomic E-state index is 0.898. The summed E-state index contributed by atoms with van der Waals surface area (Å²) in [6.45, 7) is 8.46. The number of nitrogens with zero attached hydrogens (tertiary/aromatic N) is 1. The SMILES string of the molecule is CCCN(CCC)C[C@@H]1CCc2sccc2C1. The highest BCUT2D eigenvalue weighted by atomic mass is 32.1. The monoisotopic (exact) mass is 251 g/mol. The predicted molar refractivity (Wildman–Crippen MR) is 76.9 cm³/mol. The van der Waals surface area contributed by atoms with Gasteiger partial charge in [-0.2, -0.15) is 0 Å². The molecular formula is C15H25NS. The van der Waals surface area contributed by atoms with Crippen molar-refractivity contribution in [3.8, 4) is 0 Å². The Morgan fingerprint density at radius 2 is 2.06 bits per heavy atom. The van der Waals surface area contributed by atoms with Crippen molar-refractivity contribution in [1.82, 2.24) is 4.90 Å². The number of aryl methyl sites for hydroxylation is 1. The molecule has 0 aliphatic heterocycles. The molecule has 0 N–H and O–H groups in total. The smallest absolute Gasteiger partial charge is 0.00774 e. The zero-order valence-electron chi connectivity index (χ0n) is 11.2. The number of fused-ring (bicyclic) bond motifs is 1. The lowest BCUT2D eigenvalue weighted by molar-refractivity contribution is 0.220. The second-order valence-electron chi connectivity index (χ2n) is 5.28. The Bertz CT molecular complexity index is 325. The molecule has 0 fully saturated rings. The van der Waals surface area contributed by atoms with Gasteiger partial charge in [0.2, 0.25) is 0 Å². The van der Waals surface area contributed by atoms with E-state index in [0.29, 0.717) is 0 Å². The van der Waals surface area contributed by atoms with E-state index in [2.05, 4.69) is 30.2 Å². The van der Waals surface area contributed by atoms with Gasteiger partial charge in [0, 0.05) is 11.4 Å². The van der Waals surface area contributed by atoms with Crippen molar-refractivity contribution >= 4 is 11.3 Å². The third-order valence-corrected chi connectivity index (χ3v) is 4.74. The molecule has 2 heteroatoms. The van der Waals surface area contributed by atoms with Gasteiger partial charge in [-0.05, 0) is 68.1 Å². The van der Waals surface area contributed by atoms with Crippen LogP contribution in [0, 0.1) is 5.92 Å². The van der Waals surface area contributed by atoms with Gasteiger partial charge in [-0.25, -0.2) is 0 Å². The molecule has 0 saturated carbocycles. The van der Waals surface area contributed by atoms with Gasteiger partial charge >= 0.3 is 0 Å². The van der Waals surface area contributed by atoms with Gasteiger partial charge in [-0.15, -0.1) is 11.3 Å². The number of thiophene rings is 1. The average molecular weight is 251 g/mol. The van der Waals surface area contributed by atoms with E-state index in [0.717, 1.165) is 5.92 Å². The first-order valence-electron chi connectivity index (χ1n) is 7.11. The minimum Gasteiger partial charge on any atom is -0.303 e. The fourth-order valence-corrected chi connectivity index (χ4v) is 3.90. The minimum atomic E-state index is 0.898. The molecule has 0 spiro atoms. The molecule has 1 aromatic heterocycles. The fourth-order valence-electron chi connectivity index (χ4n) is 2.96. The van der Waals surface area contributed by atoms with Gasteiger partial charge in [0.1, 0.15) is 0 Å². The summed E-state index contributed by atoms with van der Waals surface area (Å²) in [7, 11) is 0. The van der Waals surface area contributed by atoms with Crippen LogP contribution in [0.5, 0.6) is 0 Å². The van der Waals surface area contributed by atoms with E-state index in [1.807, 2.05) is 11.3 Å². The molecule has 0 saturated heterocycles. The zero-order chi connectivity index (χ0) is 12.1. The van der Waals surface area contributed by atoms with Gasteiger partial charge < -0.3 is 4.90 Å². The van der Waals surface area contributed by atoms with Crippen molar-refractivity contribution in [2.75, 3.05) is 19.6 Å². The molecule has 1 atom stereocenters. The first-order valence-corrected chi connectivity index (χ1v) is 7.99. The van der Waals surface area contributed by atoms with Gasteiger partial charge in [-0.1, -0.05) is 13.8 Å². The van der Waals surface area contributed by atoms with Crippen molar-refractivity contribution in [2.45, 2.75) is 46.0 Å². The van der Waals surface area contributed by atoms with Crippen LogP contribution >= 0.6 is 11.3 Å². The van der Waals surface area contributed by atoms with E-state index in [4.69, 9.17) is 0 Å². The molecule has 1 nitrogen and oxygen atoms in total. The molecule has 0 radical (unpaired) electrons. The van der Waals surface area contributed by atoms with Crippen LogP contribution in [0.1, 0.15) is 43.6 Å². The van der Waals surface area contributed by atoms with Crippen molar-refractivity contribution in [1.29, 1.82) is 0 Å². The van der Waals surface area contributed by atoms with E-state index < -0.39 is 0 Å². The Balaban J connectivity index is 1.87. The molecule has 1 aliphatic rings. The molecule has 17 heavy (non-hydrogen) atoms. The van der Waals surface area contributed by atoms with E-state index in [1.165, 1.54) is 51.7 Å². The number of rotatable bonds is 6. The van der Waals surface area contributed by atoms with Crippen LogP contribution in [0.25, 0.3) is 0 Å². The predicted octanol–water partition coefficient (Wildman–Crippen LogP) is 3.98. The maximum atomic E-state index is 2.67. The van der Waals surface area contributed by atoms with E-state index in [-0.39, 0.29) is 0 Å². The maximum absolute atomic E-state index is 2.67. The molecule has 1 aromatic rings. The molecule has 0 aromatic carbocycles. The molecule has 2 rings (SSSR count). The second kappa shape index (κ2) is 6.55. The Morgan fingerprint density at radius 3 is 2.76 bits per heavy atom. The van der Waals surface area contributed by atoms with Crippen LogP contribution in [0.2, 0.25) is 0 Å². The van der Waals surface area contributed by atoms with Crippen molar-refractivity contribution in [2.24, 2.45) is 5.92 Å². The summed E-state index contributed by atoms with van der Waals surface area (Å²) < 4.78 is 0. The lowest BCUT2D eigenvalue weighted by atomic mass is 9.88. The highest BCUT2D eigenvalue weighted by molar-refractivity contribution is 7.10. The zero-order valence-corrected chi connectivity index (χ0v) is 12.1. The highest BCUT2D eigenvalue weighted by Gasteiger charge is 2.21. The van der Waals surface area contributed by atoms with E-state index >= 15 is 0 Å². The molecular weight excluding hydrogens is 226 g/mol. The average Bonchev–Trinajstić information content (AvgIpc) is 2.77. The quantitative estimate of drug-likeness (QED) is 0.739. The van der Waals surface area contributed by atoms with Crippen LogP contribution in [-0.2, 0) is 12.8 Å². The highest BCUT2D eigenvalue weighted by Crippen LogP contribution is 2.29. The summed E-state index contributed by atoms with van der Waals surface area (Å²) in [4.78, 5) is 4.32. The Morgan fingerprint density at radius 1 is 1.29 bits per heavy atom. The van der Waals surface area contributed by atoms with Gasteiger partial charge in [0.25, 0.3) is 0 Å². The molecule has 1 heterocycles. The molecule has 0 unspecified atom stereocenters. The van der Waals surface area contributed by atoms with Gasteiger partial charge in [0.15, 0.2) is 0 Å². The Labute approximate surface area is 110 Å². The van der Waals surface area contributed by atoms with Crippen LogP contribution in [0.4, 0.5) is 0 Å². The largest absolute Gasteiger partial charge is 0.303 e. The third kappa shape index (κ3) is 3.56. The lowest BCUT2D eigenvalue weighted by Gasteiger charge is -2.29. The van der Waals surface area contributed by atoms with Crippen LogP contribution < -0.4 is 0 Å². The Hall–Kier alpha value is -0.340. The summed E-state index contributed by atoms with van der Waals surface area (Å²) in [5.74, 6) is 0.898. The van der Waals surface area contributed by atoms with Crippen LogP contribution in [0.15, 0.2) is 11.4 Å². The van der Waals surface area contributed by atoms with E-state index in [9.17, 15) is 0 Å². The van der Waals surface area contributed by atoms with E-state index in [1.54, 1.807) is 10.4 Å². The first-order chi connectivity index (χ1) is 8.33. The number of hydrogen-bond acceptors (Lipinski definition) is 2. The maximum Gasteiger partial charge on any atom is 0.00774 e. The third-order valence-electron chi connectivity index (χ3n) is 3.72. The summed E-state index contributed by atoms with van der Waals surface area (Å²) in [6, 6.07) is 2.34. The fraction of sp³-hybridized carbons (Fsp3) is 0.733. The lowest BCUT2D eigenvalue weighted by Crippen LogP contribution is -2.33. The summed E-state index contributed by atoms with van der Waals surface area (Å²) >= 11 is 1.95. The first kappa shape index (κ1) is 13.1. The molecule has 0 bridgehead atoms. The summed E-state index contributed by atoms with van der Waals surface area (Å²) in [5, 5.41) is 2.27. The van der Waals surface area contributed by atoms with Crippen molar-refractivity contribution in [3.63, 3.8) is 0 Å². The molecule has 96 valence electrons. The standard InChI is InChI=1S/C15H25NS/c1-3-8-16(9-4-2)12-13-5-6-15-14(11-13)7-10-17-15/h7,10,13H,3-6,8-9,11-12H2,1-2H3/t13-/m1/s1. The van der Waals surface area contributed by atoms with Crippen molar-refractivity contribution < 1.29 is 0 Å². The van der Waals surface area contributed by atoms with Gasteiger partial charge in [0.05, 0.1) is 0 Å². The van der Waals surface area contributed by atoms with Crippen LogP contribution in [-0.4, -0.2) is 24.5 Å². The summed E-state index contributed by atoms with van der Waals surface area (Å²) in [5.41, 5.74) is 1.64. The summed E-state index contributed by atoms with van der Waals surface area (Å²) in [6.07, 6.45) is 6.62.